The third-order valence-electron chi connectivity index (χ3n) is 5.39. The van der Waals surface area contributed by atoms with Gasteiger partial charge in [0.05, 0.1) is 5.56 Å². The molecule has 34 heavy (non-hydrogen) atoms. The number of hydrogen-bond acceptors (Lipinski definition) is 8. The third kappa shape index (κ3) is 5.61. The van der Waals surface area contributed by atoms with Crippen molar-refractivity contribution in [2.45, 2.75) is 46.1 Å². The van der Waals surface area contributed by atoms with Crippen molar-refractivity contribution < 1.29 is 14.6 Å². The van der Waals surface area contributed by atoms with Gasteiger partial charge in [-0.2, -0.15) is 5.21 Å². The summed E-state index contributed by atoms with van der Waals surface area (Å²) in [5.41, 5.74) is 2.46. The molecule has 0 fully saturated rings. The Balaban J connectivity index is 0.00000324. The second-order valence-electron chi connectivity index (χ2n) is 7.68. The monoisotopic (exact) mass is 487 g/mol. The summed E-state index contributed by atoms with van der Waals surface area (Å²) in [5.74, 6) is 0.786. The molecule has 4 aromatic rings. The van der Waals surface area contributed by atoms with Crippen molar-refractivity contribution in [1.82, 2.24) is 30.0 Å². The number of ketones is 1. The molecule has 0 aliphatic rings. The van der Waals surface area contributed by atoms with Crippen LogP contribution < -0.4 is 10.3 Å². The van der Waals surface area contributed by atoms with E-state index in [0.717, 1.165) is 12.0 Å². The van der Waals surface area contributed by atoms with Gasteiger partial charge in [-0.15, -0.1) is 10.2 Å². The van der Waals surface area contributed by atoms with Crippen LogP contribution in [0.1, 0.15) is 53.1 Å². The van der Waals surface area contributed by atoms with E-state index in [9.17, 15) is 14.7 Å². The standard InChI is InChI=1S/C23H24N6O4.K/c1-3-5-18-19(9-8-17(14(2)30)21(18)31)33-13-16-6-4-11-29-22(16)24-12-15(23(29)32)7-10-20-25-27-28-26-20;/h4,6,8-9,11-12,31H,3,5,7,10,13H2,1-2H3,(H,25,26,27,28);. The summed E-state index contributed by atoms with van der Waals surface area (Å²) in [4.78, 5) is 29.2. The number of aromatic amines is 1. The van der Waals surface area contributed by atoms with Crippen LogP contribution in [0.5, 0.6) is 11.5 Å². The molecule has 0 bridgehead atoms. The van der Waals surface area contributed by atoms with Crippen LogP contribution in [0.3, 0.4) is 0 Å². The van der Waals surface area contributed by atoms with E-state index < -0.39 is 0 Å². The van der Waals surface area contributed by atoms with E-state index in [0.29, 0.717) is 47.6 Å². The van der Waals surface area contributed by atoms with E-state index in [4.69, 9.17) is 4.74 Å². The fourth-order valence-electron chi connectivity index (χ4n) is 3.71. The molecule has 0 aliphatic carbocycles. The third-order valence-corrected chi connectivity index (χ3v) is 5.39. The molecule has 1 aromatic carbocycles. The molecule has 0 unspecified atom stereocenters. The van der Waals surface area contributed by atoms with Crippen LogP contribution in [0.15, 0.2) is 41.5 Å². The van der Waals surface area contributed by atoms with Crippen LogP contribution in [0.2, 0.25) is 0 Å². The molecule has 0 aliphatic heterocycles. The molecule has 0 saturated carbocycles. The molecule has 3 heterocycles. The number of hydrogen-bond donors (Lipinski definition) is 2. The largest absolute Gasteiger partial charge is 0.507 e. The fraction of sp³-hybridized carbons (Fsp3) is 0.304. The number of nitrogens with one attached hydrogen (secondary N) is 1. The number of ether oxygens (including phenoxy) is 1. The summed E-state index contributed by atoms with van der Waals surface area (Å²) in [6.07, 6.45) is 5.50. The van der Waals surface area contributed by atoms with Crippen LogP contribution >= 0.6 is 0 Å². The van der Waals surface area contributed by atoms with Gasteiger partial charge < -0.3 is 9.84 Å². The predicted molar refractivity (Wildman–Crippen MR) is 125 cm³/mol. The van der Waals surface area contributed by atoms with Gasteiger partial charge in [-0.3, -0.25) is 14.0 Å². The minimum atomic E-state index is -0.204. The predicted octanol–water partition coefficient (Wildman–Crippen LogP) is 2.05. The first-order valence-corrected chi connectivity index (χ1v) is 10.7. The second kappa shape index (κ2) is 11.8. The molecule has 0 amide bonds. The van der Waals surface area contributed by atoms with E-state index in [1.165, 1.54) is 11.3 Å². The van der Waals surface area contributed by atoms with Crippen LogP contribution in [-0.4, -0.2) is 92.3 Å². The second-order valence-corrected chi connectivity index (χ2v) is 7.68. The van der Waals surface area contributed by atoms with Crippen LogP contribution in [0.4, 0.5) is 0 Å². The molecule has 0 saturated heterocycles. The molecule has 0 atom stereocenters. The van der Waals surface area contributed by atoms with Crippen molar-refractivity contribution in [3.8, 4) is 11.5 Å². The Morgan fingerprint density at radius 1 is 1.18 bits per heavy atom. The number of carbonyl (C=O) groups excluding carboxylic acids is 1. The van der Waals surface area contributed by atoms with Gasteiger partial charge in [0, 0.05) is 86.9 Å². The van der Waals surface area contributed by atoms with Crippen LogP contribution in [0, 0.1) is 0 Å². The first kappa shape index (κ1) is 26.2. The molecular formula is C23H24KN6O4. The van der Waals surface area contributed by atoms with E-state index >= 15 is 0 Å². The maximum absolute atomic E-state index is 13.0. The zero-order valence-electron chi connectivity index (χ0n) is 19.4. The number of rotatable bonds is 9. The van der Waals surface area contributed by atoms with Gasteiger partial charge in [-0.25, -0.2) is 4.98 Å². The minimum absolute atomic E-state index is 0. The first-order chi connectivity index (χ1) is 16.0. The molecule has 0 spiro atoms. The van der Waals surface area contributed by atoms with Crippen molar-refractivity contribution in [3.05, 3.63) is 75.1 Å². The summed E-state index contributed by atoms with van der Waals surface area (Å²) in [6.45, 7) is 3.55. The van der Waals surface area contributed by atoms with Crippen molar-refractivity contribution >= 4 is 62.8 Å². The number of aryl methyl sites for hydroxylation is 2. The van der Waals surface area contributed by atoms with Gasteiger partial charge in [-0.05, 0) is 38.0 Å². The number of benzene rings is 1. The molecule has 171 valence electrons. The molecule has 10 nitrogen and oxygen atoms in total. The van der Waals surface area contributed by atoms with Gasteiger partial charge in [0.25, 0.3) is 5.56 Å². The van der Waals surface area contributed by atoms with Crippen LogP contribution in [-0.2, 0) is 25.9 Å². The number of Topliss-reactive ketones (excluding diaryl/α,β-unsaturated/α-hetero) is 1. The Labute approximate surface area is 238 Å². The van der Waals surface area contributed by atoms with Gasteiger partial charge in [0.15, 0.2) is 11.6 Å². The SMILES string of the molecule is CCCc1c(OCc2cccn3c(=O)c(CCc4nn[nH]n4)cnc23)ccc(C(C)=O)c1O.[K]. The Kier molecular flexibility index (Phi) is 9.08. The first-order valence-electron chi connectivity index (χ1n) is 10.7. The number of H-pyrrole nitrogens is 1. The van der Waals surface area contributed by atoms with Gasteiger partial charge in [-0.1, -0.05) is 24.6 Å². The van der Waals surface area contributed by atoms with Gasteiger partial charge in [0.1, 0.15) is 23.8 Å². The number of phenolic OH excluding ortho intramolecular Hbond substituents is 1. The van der Waals surface area contributed by atoms with Crippen molar-refractivity contribution in [2.24, 2.45) is 0 Å². The van der Waals surface area contributed by atoms with Crippen molar-refractivity contribution in [2.75, 3.05) is 0 Å². The molecule has 4 rings (SSSR count). The number of fused-ring (bicyclic) bond motifs is 1. The average Bonchev–Trinajstić information content (AvgIpc) is 3.33. The fourth-order valence-corrected chi connectivity index (χ4v) is 3.71. The maximum atomic E-state index is 13.0. The average molecular weight is 488 g/mol. The van der Waals surface area contributed by atoms with E-state index in [2.05, 4.69) is 25.6 Å². The van der Waals surface area contributed by atoms with Gasteiger partial charge in [0.2, 0.25) is 0 Å². The summed E-state index contributed by atoms with van der Waals surface area (Å²) >= 11 is 0. The number of aromatic nitrogens is 6. The van der Waals surface area contributed by atoms with E-state index in [-0.39, 0.29) is 80.6 Å². The summed E-state index contributed by atoms with van der Waals surface area (Å²) in [7, 11) is 0. The Morgan fingerprint density at radius 2 is 2.00 bits per heavy atom. The number of tetrazole rings is 1. The van der Waals surface area contributed by atoms with Crippen molar-refractivity contribution in [1.29, 1.82) is 0 Å². The normalized spacial score (nSPS) is 10.8. The molecule has 2 N–H and O–H groups in total. The number of phenols is 1. The zero-order valence-corrected chi connectivity index (χ0v) is 22.5. The topological polar surface area (TPSA) is 135 Å². The molecule has 11 heteroatoms. The van der Waals surface area contributed by atoms with E-state index in [1.54, 1.807) is 30.6 Å². The molecular weight excluding hydrogens is 463 g/mol. The van der Waals surface area contributed by atoms with Gasteiger partial charge >= 0.3 is 0 Å². The smallest absolute Gasteiger partial charge is 0.261 e. The number of carbonyl (C=O) groups is 1. The van der Waals surface area contributed by atoms with Crippen molar-refractivity contribution in [3.63, 3.8) is 0 Å². The Hall–Kier alpha value is -2.44. The zero-order chi connectivity index (χ0) is 23.4. The minimum Gasteiger partial charge on any atom is -0.507 e. The number of aromatic hydroxyl groups is 1. The maximum Gasteiger partial charge on any atom is 0.261 e. The summed E-state index contributed by atoms with van der Waals surface area (Å²) in [6, 6.07) is 6.86. The number of nitrogens with zero attached hydrogens (tertiary/aromatic N) is 5. The summed E-state index contributed by atoms with van der Waals surface area (Å²) in [5, 5.41) is 24.3. The summed E-state index contributed by atoms with van der Waals surface area (Å²) < 4.78 is 7.51. The quantitative estimate of drug-likeness (QED) is 0.270. The molecule has 3 aromatic heterocycles. The van der Waals surface area contributed by atoms with Crippen LogP contribution in [0.25, 0.3) is 5.65 Å². The number of pyridine rings is 1. The van der Waals surface area contributed by atoms with E-state index in [1.807, 2.05) is 13.0 Å². The Morgan fingerprint density at radius 3 is 2.71 bits per heavy atom. The molecule has 1 radical (unpaired) electrons. The Bertz CT molecular complexity index is 1350.